The number of nitrogens with zero attached hydrogens (tertiary/aromatic N) is 4. The molecule has 0 atom stereocenters. The maximum atomic E-state index is 6.59. The average molecular weight is 526 g/mol. The molecule has 4 aromatic rings. The van der Waals surface area contributed by atoms with Crippen LogP contribution in [0.2, 0.25) is 0 Å². The third-order valence-corrected chi connectivity index (χ3v) is 8.02. The van der Waals surface area contributed by atoms with Crippen LogP contribution in [0.25, 0.3) is 33.4 Å². The van der Waals surface area contributed by atoms with Crippen LogP contribution in [-0.4, -0.2) is 44.3 Å². The van der Waals surface area contributed by atoms with E-state index in [1.807, 2.05) is 0 Å². The summed E-state index contributed by atoms with van der Waals surface area (Å²) >= 11 is 0. The molecule has 4 rings (SSSR count). The van der Waals surface area contributed by atoms with Crippen molar-refractivity contribution in [2.45, 2.75) is 62.3 Å². The summed E-state index contributed by atoms with van der Waals surface area (Å²) in [7, 11) is 0. The number of oxazole rings is 1. The highest BCUT2D eigenvalue weighted by molar-refractivity contribution is 6.02. The zero-order valence-corrected chi connectivity index (χ0v) is 25.4. The number of benzene rings is 3. The van der Waals surface area contributed by atoms with Crippen LogP contribution in [0.4, 0.5) is 17.4 Å². The van der Waals surface area contributed by atoms with Gasteiger partial charge in [-0.25, -0.2) is 0 Å². The highest BCUT2D eigenvalue weighted by Crippen LogP contribution is 2.42. The topological polar surface area (TPSA) is 35.8 Å². The summed E-state index contributed by atoms with van der Waals surface area (Å²) in [4.78, 5) is 12.1. The molecule has 0 fully saturated rings. The van der Waals surface area contributed by atoms with Crippen LogP contribution in [0.3, 0.4) is 0 Å². The maximum absolute atomic E-state index is 6.59. The molecule has 0 aliphatic carbocycles. The predicted octanol–water partition coefficient (Wildman–Crippen LogP) is 8.43. The van der Waals surface area contributed by atoms with Crippen molar-refractivity contribution < 1.29 is 4.42 Å². The van der Waals surface area contributed by atoms with Gasteiger partial charge in [-0.05, 0) is 120 Å². The lowest BCUT2D eigenvalue weighted by atomic mass is 9.90. The van der Waals surface area contributed by atoms with E-state index in [4.69, 9.17) is 9.40 Å². The van der Waals surface area contributed by atoms with Gasteiger partial charge in [0.2, 0.25) is 0 Å². The van der Waals surface area contributed by atoms with E-state index in [-0.39, 0.29) is 0 Å². The second kappa shape index (κ2) is 12.1. The third kappa shape index (κ3) is 5.36. The summed E-state index contributed by atoms with van der Waals surface area (Å²) < 4.78 is 6.59. The van der Waals surface area contributed by atoms with E-state index in [2.05, 4.69) is 119 Å². The van der Waals surface area contributed by atoms with E-state index in [0.717, 1.165) is 72.6 Å². The van der Waals surface area contributed by atoms with E-state index >= 15 is 0 Å². The summed E-state index contributed by atoms with van der Waals surface area (Å²) in [6, 6.07) is 17.9. The average Bonchev–Trinajstić information content (AvgIpc) is 3.36. The first-order valence-electron chi connectivity index (χ1n) is 14.6. The van der Waals surface area contributed by atoms with Crippen LogP contribution in [0.1, 0.15) is 58.2 Å². The summed E-state index contributed by atoms with van der Waals surface area (Å²) in [5.41, 5.74) is 12.2. The Hall–Kier alpha value is -3.47. The molecule has 5 heteroatoms. The molecule has 0 saturated carbocycles. The second-order valence-electron chi connectivity index (χ2n) is 10.2. The van der Waals surface area contributed by atoms with E-state index in [1.165, 1.54) is 28.1 Å². The second-order valence-corrected chi connectivity index (χ2v) is 10.2. The van der Waals surface area contributed by atoms with Gasteiger partial charge in [-0.15, -0.1) is 0 Å². The van der Waals surface area contributed by atoms with E-state index < -0.39 is 0 Å². The Labute approximate surface area is 235 Å². The van der Waals surface area contributed by atoms with Gasteiger partial charge in [0, 0.05) is 61.8 Å². The van der Waals surface area contributed by atoms with Crippen LogP contribution in [0, 0.1) is 26.8 Å². The molecule has 0 unspecified atom stereocenters. The SMILES string of the molecule is CCN(CC)c1ccc(-c2c(C)[c]c(-c3ccc(N(CC)CC)cc3C)c3oc(N(CC)CC)nc23)c(C)c1. The molecule has 0 aliphatic rings. The van der Waals surface area contributed by atoms with Crippen LogP contribution in [0.15, 0.2) is 40.8 Å². The minimum atomic E-state index is 0.673. The van der Waals surface area contributed by atoms with E-state index in [1.54, 1.807) is 0 Å². The fraction of sp³-hybridized carbons (Fsp3) is 0.441. The Balaban J connectivity index is 1.95. The lowest BCUT2D eigenvalue weighted by molar-refractivity contribution is 0.576. The van der Waals surface area contributed by atoms with Crippen molar-refractivity contribution >= 4 is 28.5 Å². The van der Waals surface area contributed by atoms with Crippen molar-refractivity contribution in [2.75, 3.05) is 54.0 Å². The number of rotatable bonds is 11. The minimum absolute atomic E-state index is 0.673. The number of aryl methyl sites for hydroxylation is 3. The first-order chi connectivity index (χ1) is 18.8. The molecule has 207 valence electrons. The highest BCUT2D eigenvalue weighted by atomic mass is 16.4. The molecule has 1 radical (unpaired) electrons. The van der Waals surface area contributed by atoms with Gasteiger partial charge in [-0.1, -0.05) is 12.1 Å². The quantitative estimate of drug-likeness (QED) is 0.196. The molecule has 1 aromatic heterocycles. The molecular weight excluding hydrogens is 480 g/mol. The number of anilines is 3. The Morgan fingerprint density at radius 1 is 0.667 bits per heavy atom. The van der Waals surface area contributed by atoms with Gasteiger partial charge in [0.05, 0.1) is 0 Å². The zero-order chi connectivity index (χ0) is 28.3. The van der Waals surface area contributed by atoms with Crippen LogP contribution < -0.4 is 14.7 Å². The number of hydrogen-bond acceptors (Lipinski definition) is 5. The van der Waals surface area contributed by atoms with Crippen molar-refractivity contribution in [3.8, 4) is 22.3 Å². The highest BCUT2D eigenvalue weighted by Gasteiger charge is 2.23. The summed E-state index contributed by atoms with van der Waals surface area (Å²) in [6.45, 7) is 25.3. The van der Waals surface area contributed by atoms with Gasteiger partial charge in [0.15, 0.2) is 5.58 Å². The van der Waals surface area contributed by atoms with Crippen molar-refractivity contribution in [3.05, 3.63) is 59.2 Å². The number of hydrogen-bond donors (Lipinski definition) is 0. The molecule has 0 N–H and O–H groups in total. The first-order valence-corrected chi connectivity index (χ1v) is 14.6. The van der Waals surface area contributed by atoms with Crippen LogP contribution in [-0.2, 0) is 0 Å². The monoisotopic (exact) mass is 525 g/mol. The van der Waals surface area contributed by atoms with Crippen molar-refractivity contribution in [1.82, 2.24) is 4.98 Å². The fourth-order valence-corrected chi connectivity index (χ4v) is 5.71. The molecule has 3 aromatic carbocycles. The van der Waals surface area contributed by atoms with Gasteiger partial charge >= 0.3 is 0 Å². The lowest BCUT2D eigenvalue weighted by Gasteiger charge is -2.23. The Morgan fingerprint density at radius 3 is 1.62 bits per heavy atom. The molecule has 0 spiro atoms. The number of fused-ring (bicyclic) bond motifs is 1. The van der Waals surface area contributed by atoms with E-state index in [9.17, 15) is 0 Å². The first kappa shape index (κ1) is 28.5. The van der Waals surface area contributed by atoms with Crippen molar-refractivity contribution in [3.63, 3.8) is 0 Å². The predicted molar refractivity (Wildman–Crippen MR) is 169 cm³/mol. The molecule has 5 nitrogen and oxygen atoms in total. The lowest BCUT2D eigenvalue weighted by Crippen LogP contribution is -2.21. The van der Waals surface area contributed by atoms with Gasteiger partial charge in [-0.2, -0.15) is 4.98 Å². The maximum Gasteiger partial charge on any atom is 0.298 e. The molecule has 0 bridgehead atoms. The third-order valence-electron chi connectivity index (χ3n) is 8.02. The molecule has 0 aliphatic heterocycles. The summed E-state index contributed by atoms with van der Waals surface area (Å²) in [5.74, 6) is 0. The molecule has 0 amide bonds. The Kier molecular flexibility index (Phi) is 8.89. The smallest absolute Gasteiger partial charge is 0.298 e. The molecule has 1 heterocycles. The molecule has 39 heavy (non-hydrogen) atoms. The standard InChI is InChI=1S/C34H45N4O/c1-10-36(11-2)26-16-18-28(23(7)20-26)30-22-25(9)31(32-33(30)39-34(35-32)38(14-5)15-6)29-19-17-27(21-24(29)8)37(12-3)13-4/h16-21H,10-15H2,1-9H3. The van der Waals surface area contributed by atoms with Crippen molar-refractivity contribution in [1.29, 1.82) is 0 Å². The van der Waals surface area contributed by atoms with Crippen molar-refractivity contribution in [2.24, 2.45) is 0 Å². The zero-order valence-electron chi connectivity index (χ0n) is 25.4. The van der Waals surface area contributed by atoms with Crippen LogP contribution in [0.5, 0.6) is 0 Å². The van der Waals surface area contributed by atoms with Gasteiger partial charge in [-0.3, -0.25) is 0 Å². The van der Waals surface area contributed by atoms with E-state index in [0.29, 0.717) is 6.01 Å². The summed E-state index contributed by atoms with van der Waals surface area (Å²) in [6.07, 6.45) is 0. The van der Waals surface area contributed by atoms with Gasteiger partial charge < -0.3 is 19.1 Å². The van der Waals surface area contributed by atoms with Gasteiger partial charge in [0.25, 0.3) is 6.01 Å². The summed E-state index contributed by atoms with van der Waals surface area (Å²) in [5, 5.41) is 0. The Bertz CT molecular complexity index is 1430. The van der Waals surface area contributed by atoms with Crippen LogP contribution >= 0.6 is 0 Å². The van der Waals surface area contributed by atoms with Gasteiger partial charge in [0.1, 0.15) is 5.52 Å². The number of aromatic nitrogens is 1. The molecule has 0 saturated heterocycles. The fourth-order valence-electron chi connectivity index (χ4n) is 5.71. The Morgan fingerprint density at radius 2 is 1.15 bits per heavy atom. The molecular formula is C34H45N4O. The minimum Gasteiger partial charge on any atom is -0.423 e. The largest absolute Gasteiger partial charge is 0.423 e. The normalized spacial score (nSPS) is 11.3.